The van der Waals surface area contributed by atoms with Gasteiger partial charge in [0.15, 0.2) is 0 Å². The van der Waals surface area contributed by atoms with Crippen LogP contribution in [0.25, 0.3) is 0 Å². The number of ether oxygens (including phenoxy) is 1. The highest BCUT2D eigenvalue weighted by Crippen LogP contribution is 2.33. The zero-order valence-electron chi connectivity index (χ0n) is 11.8. The molecule has 3 N–H and O–H groups in total. The summed E-state index contributed by atoms with van der Waals surface area (Å²) in [5.41, 5.74) is 6.14. The zero-order chi connectivity index (χ0) is 15.3. The van der Waals surface area contributed by atoms with Crippen molar-refractivity contribution in [1.82, 2.24) is 5.32 Å². The van der Waals surface area contributed by atoms with E-state index in [1.807, 2.05) is 0 Å². The van der Waals surface area contributed by atoms with E-state index < -0.39 is 6.36 Å². The van der Waals surface area contributed by atoms with Crippen molar-refractivity contribution >= 4 is 0 Å². The molecule has 0 amide bonds. The van der Waals surface area contributed by atoms with E-state index in [4.69, 9.17) is 5.73 Å². The molecule has 0 saturated heterocycles. The number of hydrogen-bond acceptors (Lipinski definition) is 3. The van der Waals surface area contributed by atoms with Crippen LogP contribution in [0, 0.1) is 5.92 Å². The largest absolute Gasteiger partial charge is 0.573 e. The highest BCUT2D eigenvalue weighted by molar-refractivity contribution is 5.36. The van der Waals surface area contributed by atoms with Crippen molar-refractivity contribution in [2.24, 2.45) is 11.7 Å². The highest BCUT2D eigenvalue weighted by atomic mass is 19.4. The Hall–Kier alpha value is -1.27. The van der Waals surface area contributed by atoms with Crippen LogP contribution in [0.4, 0.5) is 13.2 Å². The van der Waals surface area contributed by atoms with Crippen LogP contribution in [0.1, 0.15) is 37.3 Å². The summed E-state index contributed by atoms with van der Waals surface area (Å²) in [7, 11) is 0. The molecule has 2 rings (SSSR count). The minimum absolute atomic E-state index is 0.185. The van der Waals surface area contributed by atoms with Crippen LogP contribution in [0.3, 0.4) is 0 Å². The predicted octanol–water partition coefficient (Wildman–Crippen LogP) is 3.36. The first-order valence-electron chi connectivity index (χ1n) is 7.27. The molecule has 1 atom stereocenters. The SMILES string of the molecule is NCC(NCCCC1CC1)c1ccccc1OC(F)(F)F. The van der Waals surface area contributed by atoms with E-state index in [0.717, 1.165) is 18.9 Å². The maximum atomic E-state index is 12.4. The van der Waals surface area contributed by atoms with Gasteiger partial charge in [-0.25, -0.2) is 0 Å². The Bertz CT molecular complexity index is 447. The second-order valence-electron chi connectivity index (χ2n) is 5.41. The number of rotatable bonds is 8. The molecule has 21 heavy (non-hydrogen) atoms. The highest BCUT2D eigenvalue weighted by Gasteiger charge is 2.32. The van der Waals surface area contributed by atoms with Crippen LogP contribution in [-0.4, -0.2) is 19.5 Å². The molecule has 0 spiro atoms. The van der Waals surface area contributed by atoms with Gasteiger partial charge in [-0.1, -0.05) is 31.0 Å². The fraction of sp³-hybridized carbons (Fsp3) is 0.600. The van der Waals surface area contributed by atoms with Crippen molar-refractivity contribution in [3.63, 3.8) is 0 Å². The monoisotopic (exact) mass is 302 g/mol. The van der Waals surface area contributed by atoms with Crippen LogP contribution < -0.4 is 15.8 Å². The molecule has 1 aliphatic rings. The van der Waals surface area contributed by atoms with Crippen molar-refractivity contribution in [2.75, 3.05) is 13.1 Å². The summed E-state index contributed by atoms with van der Waals surface area (Å²) in [5, 5.41) is 3.22. The predicted molar refractivity (Wildman–Crippen MR) is 74.9 cm³/mol. The Labute approximate surface area is 122 Å². The third-order valence-electron chi connectivity index (χ3n) is 3.63. The Morgan fingerprint density at radius 2 is 2.00 bits per heavy atom. The number of nitrogens with two attached hydrogens (primary N) is 1. The molecule has 1 saturated carbocycles. The number of para-hydroxylation sites is 1. The van der Waals surface area contributed by atoms with Gasteiger partial charge in [0.2, 0.25) is 0 Å². The molecule has 1 aromatic carbocycles. The molecule has 0 aromatic heterocycles. The third kappa shape index (κ3) is 5.55. The maximum Gasteiger partial charge on any atom is 0.573 e. The summed E-state index contributed by atoms with van der Waals surface area (Å²) < 4.78 is 41.3. The summed E-state index contributed by atoms with van der Waals surface area (Å²) in [5.74, 6) is 0.666. The Kier molecular flexibility index (Phi) is 5.47. The molecular weight excluding hydrogens is 281 g/mol. The number of halogens is 3. The van der Waals surface area contributed by atoms with Gasteiger partial charge in [-0.3, -0.25) is 0 Å². The lowest BCUT2D eigenvalue weighted by Crippen LogP contribution is -2.30. The van der Waals surface area contributed by atoms with Gasteiger partial charge in [-0.05, 0) is 31.4 Å². The summed E-state index contributed by atoms with van der Waals surface area (Å²) in [6.45, 7) is 0.973. The molecule has 3 nitrogen and oxygen atoms in total. The standard InChI is InChI=1S/C15H21F3N2O/c16-15(17,18)21-14-6-2-1-5-12(14)13(10-19)20-9-3-4-11-7-8-11/h1-2,5-6,11,13,20H,3-4,7-10,19H2. The van der Waals surface area contributed by atoms with Gasteiger partial charge < -0.3 is 15.8 Å². The van der Waals surface area contributed by atoms with Gasteiger partial charge in [-0.2, -0.15) is 0 Å². The van der Waals surface area contributed by atoms with Crippen LogP contribution in [0.5, 0.6) is 5.75 Å². The molecule has 1 unspecified atom stereocenters. The van der Waals surface area contributed by atoms with E-state index in [-0.39, 0.29) is 18.3 Å². The minimum Gasteiger partial charge on any atom is -0.405 e. The lowest BCUT2D eigenvalue weighted by atomic mass is 10.1. The fourth-order valence-electron chi connectivity index (χ4n) is 2.38. The van der Waals surface area contributed by atoms with Crippen molar-refractivity contribution in [2.45, 2.75) is 38.1 Å². The normalized spacial score (nSPS) is 16.8. The minimum atomic E-state index is -4.69. The zero-order valence-corrected chi connectivity index (χ0v) is 11.8. The van der Waals surface area contributed by atoms with Crippen molar-refractivity contribution in [1.29, 1.82) is 0 Å². The first kappa shape index (κ1) is 16.1. The topological polar surface area (TPSA) is 47.3 Å². The van der Waals surface area contributed by atoms with Gasteiger partial charge in [0, 0.05) is 18.2 Å². The molecule has 0 aliphatic heterocycles. The molecule has 118 valence electrons. The second kappa shape index (κ2) is 7.13. The Balaban J connectivity index is 1.95. The van der Waals surface area contributed by atoms with E-state index in [9.17, 15) is 13.2 Å². The van der Waals surface area contributed by atoms with Crippen LogP contribution in [-0.2, 0) is 0 Å². The summed E-state index contributed by atoms with van der Waals surface area (Å²) in [6, 6.07) is 5.81. The van der Waals surface area contributed by atoms with Crippen LogP contribution in [0.2, 0.25) is 0 Å². The van der Waals surface area contributed by atoms with Gasteiger partial charge in [-0.15, -0.1) is 13.2 Å². The molecule has 6 heteroatoms. The maximum absolute atomic E-state index is 12.4. The van der Waals surface area contributed by atoms with E-state index >= 15 is 0 Å². The molecule has 1 aromatic rings. The molecule has 0 bridgehead atoms. The molecular formula is C15H21F3N2O. The van der Waals surface area contributed by atoms with E-state index in [1.54, 1.807) is 12.1 Å². The molecule has 1 fully saturated rings. The summed E-state index contributed by atoms with van der Waals surface area (Å²) >= 11 is 0. The van der Waals surface area contributed by atoms with Gasteiger partial charge in [0.1, 0.15) is 5.75 Å². The number of hydrogen-bond donors (Lipinski definition) is 2. The van der Waals surface area contributed by atoms with Crippen LogP contribution in [0.15, 0.2) is 24.3 Å². The average molecular weight is 302 g/mol. The van der Waals surface area contributed by atoms with Gasteiger partial charge >= 0.3 is 6.36 Å². The Morgan fingerprint density at radius 1 is 1.29 bits per heavy atom. The lowest BCUT2D eigenvalue weighted by molar-refractivity contribution is -0.275. The number of alkyl halides is 3. The van der Waals surface area contributed by atoms with Gasteiger partial charge in [0.25, 0.3) is 0 Å². The lowest BCUT2D eigenvalue weighted by Gasteiger charge is -2.21. The van der Waals surface area contributed by atoms with Crippen LogP contribution >= 0.6 is 0 Å². The smallest absolute Gasteiger partial charge is 0.405 e. The number of benzene rings is 1. The summed E-state index contributed by atoms with van der Waals surface area (Å²) in [6.07, 6.45) is 0.112. The van der Waals surface area contributed by atoms with Crippen molar-refractivity contribution < 1.29 is 17.9 Å². The number of nitrogens with one attached hydrogen (secondary N) is 1. The van der Waals surface area contributed by atoms with E-state index in [2.05, 4.69) is 10.1 Å². The van der Waals surface area contributed by atoms with E-state index in [1.165, 1.54) is 31.4 Å². The average Bonchev–Trinajstić information content (AvgIpc) is 3.22. The second-order valence-corrected chi connectivity index (χ2v) is 5.41. The third-order valence-corrected chi connectivity index (χ3v) is 3.63. The molecule has 0 radical (unpaired) electrons. The fourth-order valence-corrected chi connectivity index (χ4v) is 2.38. The first-order valence-corrected chi connectivity index (χ1v) is 7.27. The first-order chi connectivity index (χ1) is 9.99. The van der Waals surface area contributed by atoms with Crippen molar-refractivity contribution in [3.8, 4) is 5.75 Å². The summed E-state index contributed by atoms with van der Waals surface area (Å²) in [4.78, 5) is 0. The Morgan fingerprint density at radius 3 is 2.62 bits per heavy atom. The van der Waals surface area contributed by atoms with Gasteiger partial charge in [0.05, 0.1) is 0 Å². The van der Waals surface area contributed by atoms with E-state index in [0.29, 0.717) is 5.56 Å². The van der Waals surface area contributed by atoms with Crippen molar-refractivity contribution in [3.05, 3.63) is 29.8 Å². The molecule has 0 heterocycles. The quantitative estimate of drug-likeness (QED) is 0.724. The molecule has 1 aliphatic carbocycles.